The van der Waals surface area contributed by atoms with Gasteiger partial charge in [0.25, 0.3) is 0 Å². The van der Waals surface area contributed by atoms with Crippen LogP contribution < -0.4 is 4.72 Å². The molecule has 2 N–H and O–H groups in total. The molecule has 0 aliphatic rings. The maximum Gasteiger partial charge on any atom is 0.328 e. The largest absolute Gasteiger partial charge is 0.478 e. The molecule has 0 spiro atoms. The molecule has 1 aromatic rings. The van der Waals surface area contributed by atoms with Crippen molar-refractivity contribution in [2.24, 2.45) is 0 Å². The van der Waals surface area contributed by atoms with Crippen LogP contribution >= 0.6 is 0 Å². The number of carbonyl (C=O) groups is 1. The SMILES string of the molecule is COCCNS(=O)(=O)c1cncc(C=CC(=O)O)c1. The van der Waals surface area contributed by atoms with Crippen molar-refractivity contribution in [2.45, 2.75) is 4.90 Å². The smallest absolute Gasteiger partial charge is 0.328 e. The van der Waals surface area contributed by atoms with Gasteiger partial charge in [-0.15, -0.1) is 0 Å². The Hall–Kier alpha value is -1.77. The lowest BCUT2D eigenvalue weighted by Gasteiger charge is -2.06. The van der Waals surface area contributed by atoms with Crippen molar-refractivity contribution in [1.29, 1.82) is 0 Å². The van der Waals surface area contributed by atoms with Crippen molar-refractivity contribution >= 4 is 22.1 Å². The topological polar surface area (TPSA) is 106 Å². The fourth-order valence-corrected chi connectivity index (χ4v) is 2.21. The lowest BCUT2D eigenvalue weighted by Crippen LogP contribution is -2.27. The molecule has 19 heavy (non-hydrogen) atoms. The fraction of sp³-hybridized carbons (Fsp3) is 0.273. The summed E-state index contributed by atoms with van der Waals surface area (Å²) in [5.41, 5.74) is 0.386. The van der Waals surface area contributed by atoms with E-state index in [0.717, 1.165) is 6.08 Å². The zero-order chi connectivity index (χ0) is 14.3. The minimum atomic E-state index is -3.67. The third-order valence-electron chi connectivity index (χ3n) is 2.06. The first-order valence-corrected chi connectivity index (χ1v) is 6.78. The number of nitrogens with one attached hydrogen (secondary N) is 1. The molecule has 0 unspecified atom stereocenters. The summed E-state index contributed by atoms with van der Waals surface area (Å²) in [5.74, 6) is -1.12. The maximum atomic E-state index is 11.9. The maximum absolute atomic E-state index is 11.9. The van der Waals surface area contributed by atoms with Crippen LogP contribution in [0.3, 0.4) is 0 Å². The van der Waals surface area contributed by atoms with Crippen molar-refractivity contribution in [3.05, 3.63) is 30.1 Å². The highest BCUT2D eigenvalue weighted by Crippen LogP contribution is 2.10. The number of sulfonamides is 1. The number of hydrogen-bond donors (Lipinski definition) is 2. The minimum Gasteiger partial charge on any atom is -0.478 e. The number of carboxylic acid groups (broad SMARTS) is 1. The summed E-state index contributed by atoms with van der Waals surface area (Å²) in [6, 6.07) is 1.33. The van der Waals surface area contributed by atoms with Crippen molar-refractivity contribution < 1.29 is 23.1 Å². The van der Waals surface area contributed by atoms with E-state index in [-0.39, 0.29) is 18.0 Å². The first kappa shape index (κ1) is 15.3. The van der Waals surface area contributed by atoms with Gasteiger partial charge in [0.2, 0.25) is 10.0 Å². The molecule has 0 fully saturated rings. The van der Waals surface area contributed by atoms with Gasteiger partial charge < -0.3 is 9.84 Å². The normalized spacial score (nSPS) is 11.8. The van der Waals surface area contributed by atoms with Gasteiger partial charge in [0.1, 0.15) is 4.90 Å². The van der Waals surface area contributed by atoms with Crippen molar-refractivity contribution in [1.82, 2.24) is 9.71 Å². The Labute approximate surface area is 111 Å². The molecule has 0 atom stereocenters. The quantitative estimate of drug-likeness (QED) is 0.544. The summed E-state index contributed by atoms with van der Waals surface area (Å²) in [6.07, 6.45) is 4.73. The van der Waals surface area contributed by atoms with Crippen LogP contribution in [0.15, 0.2) is 29.4 Å². The molecule has 0 aliphatic carbocycles. The molecule has 1 heterocycles. The van der Waals surface area contributed by atoms with Crippen LogP contribution in [-0.4, -0.2) is 44.7 Å². The summed E-state index contributed by atoms with van der Waals surface area (Å²) < 4.78 is 30.8. The van der Waals surface area contributed by atoms with Gasteiger partial charge >= 0.3 is 5.97 Å². The summed E-state index contributed by atoms with van der Waals surface area (Å²) in [5, 5.41) is 8.50. The zero-order valence-corrected chi connectivity index (χ0v) is 11.1. The Morgan fingerprint density at radius 1 is 1.53 bits per heavy atom. The molecular weight excluding hydrogens is 272 g/mol. The van der Waals surface area contributed by atoms with Gasteiger partial charge in [0, 0.05) is 32.1 Å². The Bertz CT molecular complexity index is 568. The van der Waals surface area contributed by atoms with E-state index in [4.69, 9.17) is 9.84 Å². The van der Waals surface area contributed by atoms with E-state index in [1.165, 1.54) is 31.6 Å². The minimum absolute atomic E-state index is 0.0314. The van der Waals surface area contributed by atoms with E-state index in [1.54, 1.807) is 0 Å². The predicted molar refractivity (Wildman–Crippen MR) is 68.0 cm³/mol. The molecule has 0 aliphatic heterocycles. The number of rotatable bonds is 7. The van der Waals surface area contributed by atoms with Crippen LogP contribution in [0.2, 0.25) is 0 Å². The van der Waals surface area contributed by atoms with Crippen LogP contribution in [0.5, 0.6) is 0 Å². The number of nitrogens with zero attached hydrogens (tertiary/aromatic N) is 1. The first-order chi connectivity index (χ1) is 8.95. The van der Waals surface area contributed by atoms with Crippen LogP contribution in [0, 0.1) is 0 Å². The summed E-state index contributed by atoms with van der Waals surface area (Å²) >= 11 is 0. The number of methoxy groups -OCH3 is 1. The Balaban J connectivity index is 2.89. The number of aromatic nitrogens is 1. The summed E-state index contributed by atoms with van der Waals surface area (Å²) in [4.78, 5) is 14.1. The second-order valence-electron chi connectivity index (χ2n) is 3.52. The van der Waals surface area contributed by atoms with Gasteiger partial charge in [0.05, 0.1) is 6.61 Å². The van der Waals surface area contributed by atoms with Crippen LogP contribution in [0.25, 0.3) is 6.08 Å². The van der Waals surface area contributed by atoms with Gasteiger partial charge in [-0.25, -0.2) is 17.9 Å². The third kappa shape index (κ3) is 5.16. The summed E-state index contributed by atoms with van der Waals surface area (Å²) in [7, 11) is -2.20. The highest BCUT2D eigenvalue weighted by Gasteiger charge is 2.13. The standard InChI is InChI=1S/C11H14N2O5S/c1-18-5-4-13-19(16,17)10-6-9(7-12-8-10)2-3-11(14)15/h2-3,6-8,13H,4-5H2,1H3,(H,14,15). The average molecular weight is 286 g/mol. The van der Waals surface area contributed by atoms with E-state index >= 15 is 0 Å². The number of aliphatic carboxylic acids is 1. The summed E-state index contributed by atoms with van der Waals surface area (Å²) in [6.45, 7) is 0.402. The first-order valence-electron chi connectivity index (χ1n) is 5.30. The van der Waals surface area contributed by atoms with E-state index in [1.807, 2.05) is 0 Å². The number of pyridine rings is 1. The van der Waals surface area contributed by atoms with E-state index < -0.39 is 16.0 Å². The average Bonchev–Trinajstić information content (AvgIpc) is 2.37. The third-order valence-corrected chi connectivity index (χ3v) is 3.49. The van der Waals surface area contributed by atoms with Gasteiger partial charge in [-0.2, -0.15) is 0 Å². The van der Waals surface area contributed by atoms with Crippen LogP contribution in [0.4, 0.5) is 0 Å². The van der Waals surface area contributed by atoms with Crippen molar-refractivity contribution in [3.63, 3.8) is 0 Å². The van der Waals surface area contributed by atoms with Crippen molar-refractivity contribution in [2.75, 3.05) is 20.3 Å². The van der Waals surface area contributed by atoms with Crippen molar-refractivity contribution in [3.8, 4) is 0 Å². The second kappa shape index (κ2) is 6.98. The van der Waals surface area contributed by atoms with Crippen LogP contribution in [0.1, 0.15) is 5.56 Å². The molecule has 0 radical (unpaired) electrons. The lowest BCUT2D eigenvalue weighted by atomic mass is 10.2. The number of hydrogen-bond acceptors (Lipinski definition) is 5. The molecule has 0 aromatic carbocycles. The van der Waals surface area contributed by atoms with Crippen LogP contribution in [-0.2, 0) is 19.6 Å². The monoisotopic (exact) mass is 286 g/mol. The second-order valence-corrected chi connectivity index (χ2v) is 5.28. The van der Waals surface area contributed by atoms with Gasteiger partial charge in [0.15, 0.2) is 0 Å². The number of ether oxygens (including phenoxy) is 1. The molecule has 1 rings (SSSR count). The molecular formula is C11H14N2O5S. The van der Waals surface area contributed by atoms with E-state index in [2.05, 4.69) is 9.71 Å². The molecule has 0 amide bonds. The Morgan fingerprint density at radius 3 is 2.89 bits per heavy atom. The van der Waals surface area contributed by atoms with Gasteiger partial charge in [-0.1, -0.05) is 0 Å². The molecule has 0 saturated carbocycles. The lowest BCUT2D eigenvalue weighted by molar-refractivity contribution is -0.131. The molecule has 1 aromatic heterocycles. The fourth-order valence-electron chi connectivity index (χ4n) is 1.20. The molecule has 7 nitrogen and oxygen atoms in total. The predicted octanol–water partition coefficient (Wildman–Crippen LogP) is 0.104. The van der Waals surface area contributed by atoms with Gasteiger partial charge in [-0.05, 0) is 17.7 Å². The van der Waals surface area contributed by atoms with Gasteiger partial charge in [-0.3, -0.25) is 4.98 Å². The molecule has 104 valence electrons. The highest BCUT2D eigenvalue weighted by molar-refractivity contribution is 7.89. The highest BCUT2D eigenvalue weighted by atomic mass is 32.2. The van der Waals surface area contributed by atoms with E-state index in [9.17, 15) is 13.2 Å². The molecule has 8 heteroatoms. The molecule has 0 bridgehead atoms. The Morgan fingerprint density at radius 2 is 2.26 bits per heavy atom. The zero-order valence-electron chi connectivity index (χ0n) is 10.2. The Kier molecular flexibility index (Phi) is 5.61. The van der Waals surface area contributed by atoms with E-state index in [0.29, 0.717) is 5.56 Å². The number of carboxylic acids is 1. The molecule has 0 saturated heterocycles.